The highest BCUT2D eigenvalue weighted by Gasteiger charge is 2.45. The lowest BCUT2D eigenvalue weighted by Gasteiger charge is -2.34. The number of hydrogen-bond donors (Lipinski definition) is 6. The zero-order valence-corrected chi connectivity index (χ0v) is 39.2. The Morgan fingerprint density at radius 2 is 1.56 bits per heavy atom. The Labute approximate surface area is 408 Å². The monoisotopic (exact) mass is 973 g/mol. The lowest BCUT2D eigenvalue weighted by molar-refractivity contribution is -0.136. The number of rotatable bonds is 19. The van der Waals surface area contributed by atoms with E-state index in [1.165, 1.54) is 0 Å². The number of nitrogens with one attached hydrogen (secondary N) is 6. The Hall–Kier alpha value is -7.93. The van der Waals surface area contributed by atoms with Crippen molar-refractivity contribution in [2.24, 2.45) is 0 Å². The zero-order valence-electron chi connectivity index (χ0n) is 38.5. The molecule has 364 valence electrons. The summed E-state index contributed by atoms with van der Waals surface area (Å²) in [5.41, 5.74) is 3.57. The molecule has 3 aliphatic rings. The third-order valence-electron chi connectivity index (χ3n) is 11.8. The molecule has 0 saturated carbocycles. The maximum Gasteiger partial charge on any atom is 0.317 e. The van der Waals surface area contributed by atoms with E-state index in [4.69, 9.17) is 11.6 Å². The number of allylic oxidation sites excluding steroid dienone is 4. The van der Waals surface area contributed by atoms with Crippen LogP contribution in [0.25, 0.3) is 0 Å². The van der Waals surface area contributed by atoms with Gasteiger partial charge < -0.3 is 36.4 Å². The molecule has 20 heteroatoms. The third-order valence-corrected chi connectivity index (χ3v) is 12.0. The summed E-state index contributed by atoms with van der Waals surface area (Å²) in [6.45, 7) is 8.20. The summed E-state index contributed by atoms with van der Waals surface area (Å²) in [7, 11) is 0. The van der Waals surface area contributed by atoms with Gasteiger partial charge in [-0.25, -0.2) is 14.2 Å². The predicted molar refractivity (Wildman–Crippen MR) is 262 cm³/mol. The van der Waals surface area contributed by atoms with Crippen molar-refractivity contribution < 1.29 is 38.0 Å². The average Bonchev–Trinajstić information content (AvgIpc) is 3.61. The molecular formula is C50H53ClFN11O7. The maximum atomic E-state index is 14.8. The van der Waals surface area contributed by atoms with Gasteiger partial charge in [-0.3, -0.25) is 39.0 Å². The fourth-order valence-corrected chi connectivity index (χ4v) is 8.13. The van der Waals surface area contributed by atoms with Crippen LogP contribution in [0.2, 0.25) is 0 Å². The number of piperazine rings is 1. The van der Waals surface area contributed by atoms with E-state index in [0.29, 0.717) is 67.6 Å². The number of hydrogen-bond acceptors (Lipinski definition) is 12. The summed E-state index contributed by atoms with van der Waals surface area (Å²) in [4.78, 5) is 102. The number of amides is 8. The number of unbranched alkanes of at least 4 members (excludes halogenated alkanes) is 3. The highest BCUT2D eigenvalue weighted by Crippen LogP contribution is 2.32. The van der Waals surface area contributed by atoms with Crippen molar-refractivity contribution in [3.63, 3.8) is 0 Å². The molecule has 0 bridgehead atoms. The van der Waals surface area contributed by atoms with Gasteiger partial charge in [-0.2, -0.15) is 4.98 Å². The van der Waals surface area contributed by atoms with Crippen LogP contribution in [-0.2, 0) is 20.8 Å². The molecule has 6 N–H and O–H groups in total. The number of nitrogens with zero attached hydrogens (tertiary/aromatic N) is 5. The van der Waals surface area contributed by atoms with E-state index in [9.17, 15) is 38.0 Å². The zero-order chi connectivity index (χ0) is 49.7. The van der Waals surface area contributed by atoms with Crippen molar-refractivity contribution in [1.82, 2.24) is 40.6 Å². The van der Waals surface area contributed by atoms with Gasteiger partial charge in [0.1, 0.15) is 6.04 Å². The first kappa shape index (κ1) is 50.0. The Bertz CT molecular complexity index is 2720. The van der Waals surface area contributed by atoms with Crippen LogP contribution < -0.4 is 31.9 Å². The Kier molecular flexibility index (Phi) is 16.7. The lowest BCUT2D eigenvalue weighted by atomic mass is 10.0. The minimum atomic E-state index is -1.02. The smallest absolute Gasteiger partial charge is 0.317 e. The van der Waals surface area contributed by atoms with Gasteiger partial charge in [0.25, 0.3) is 17.7 Å². The Morgan fingerprint density at radius 3 is 2.26 bits per heavy atom. The van der Waals surface area contributed by atoms with Crippen molar-refractivity contribution in [3.05, 3.63) is 137 Å². The molecule has 3 aromatic carbocycles. The van der Waals surface area contributed by atoms with E-state index < -0.39 is 41.4 Å². The van der Waals surface area contributed by atoms with Crippen LogP contribution in [0.4, 0.5) is 38.0 Å². The topological polar surface area (TPSA) is 227 Å². The summed E-state index contributed by atoms with van der Waals surface area (Å²) >= 11 is 6.01. The van der Waals surface area contributed by atoms with Gasteiger partial charge in [0.05, 0.1) is 34.5 Å². The Morgan fingerprint density at radius 1 is 0.871 bits per heavy atom. The van der Waals surface area contributed by atoms with Gasteiger partial charge >= 0.3 is 6.03 Å². The number of imide groups is 2. The van der Waals surface area contributed by atoms with E-state index in [1.807, 2.05) is 19.1 Å². The molecule has 70 heavy (non-hydrogen) atoms. The van der Waals surface area contributed by atoms with Crippen molar-refractivity contribution in [1.29, 1.82) is 0 Å². The summed E-state index contributed by atoms with van der Waals surface area (Å²) in [6, 6.07) is 17.3. The van der Waals surface area contributed by atoms with Crippen LogP contribution in [0.1, 0.15) is 82.1 Å². The van der Waals surface area contributed by atoms with Gasteiger partial charge in [0, 0.05) is 68.3 Å². The predicted octanol–water partition coefficient (Wildman–Crippen LogP) is 6.52. The van der Waals surface area contributed by atoms with E-state index in [0.717, 1.165) is 42.3 Å². The van der Waals surface area contributed by atoms with Gasteiger partial charge in [-0.1, -0.05) is 61.4 Å². The maximum absolute atomic E-state index is 14.8. The van der Waals surface area contributed by atoms with Gasteiger partial charge in [-0.15, -0.1) is 0 Å². The van der Waals surface area contributed by atoms with Crippen molar-refractivity contribution in [2.75, 3.05) is 55.2 Å². The second kappa shape index (κ2) is 23.4. The molecule has 0 radical (unpaired) electrons. The first-order chi connectivity index (χ1) is 33.8. The highest BCUT2D eigenvalue weighted by molar-refractivity contribution is 6.32. The SMILES string of the molecule is C=C(Cl)/C(=C\C=C/C)NC(=O)c1ccc(Nc2nc(Nc3ccc(CC(=O)N4CCN(C(=O)NCCCCCCNc5cccc6c5C(=O)N(C5CCC(=O)NC5=O)C6=O)CC4)cc3)ncc2F)cc1. The molecule has 2 fully saturated rings. The van der Waals surface area contributed by atoms with E-state index in [1.54, 1.807) is 82.6 Å². The molecule has 1 atom stereocenters. The van der Waals surface area contributed by atoms with Gasteiger partial charge in [0.15, 0.2) is 11.6 Å². The summed E-state index contributed by atoms with van der Waals surface area (Å²) in [5, 5.41) is 17.3. The number of fused-ring (bicyclic) bond motifs is 1. The van der Waals surface area contributed by atoms with E-state index >= 15 is 0 Å². The summed E-state index contributed by atoms with van der Waals surface area (Å²) < 4.78 is 14.8. The van der Waals surface area contributed by atoms with Crippen molar-refractivity contribution in [2.45, 2.75) is 57.9 Å². The van der Waals surface area contributed by atoms with Crippen LogP contribution in [0.5, 0.6) is 0 Å². The molecule has 4 aromatic rings. The molecule has 1 aromatic heterocycles. The second-order valence-electron chi connectivity index (χ2n) is 16.7. The van der Waals surface area contributed by atoms with Crippen LogP contribution >= 0.6 is 11.6 Å². The third kappa shape index (κ3) is 12.6. The number of carbonyl (C=O) groups excluding carboxylic acids is 7. The molecule has 8 amide bonds. The van der Waals surface area contributed by atoms with E-state index in [2.05, 4.69) is 48.4 Å². The molecular weight excluding hydrogens is 921 g/mol. The quantitative estimate of drug-likeness (QED) is 0.0336. The van der Waals surface area contributed by atoms with Crippen molar-refractivity contribution in [3.8, 4) is 0 Å². The van der Waals surface area contributed by atoms with Crippen LogP contribution in [-0.4, -0.2) is 111 Å². The average molecular weight is 974 g/mol. The minimum Gasteiger partial charge on any atom is -0.384 e. The molecule has 7 rings (SSSR count). The number of benzene rings is 3. The number of halogens is 2. The number of urea groups is 1. The standard InChI is InChI=1S/C50H53ClFN11O7/c1-3-4-11-38(31(2)51)58-45(66)33-15-19-34(20-16-33)56-44-37(52)30-55-49(60-44)57-35-17-13-32(14-18-35)29-42(65)61-25-27-62(28-26-61)50(70)54-24-8-6-5-7-23-53-39-12-9-10-36-43(39)48(69)63(47(36)68)40-21-22-41(64)59-46(40)67/h3-4,9-20,30,40,53H,2,5-8,21-29H2,1H3,(H,54,70)(H,58,66)(H,59,64,67)(H2,55,56,57,60)/b4-3-,38-11+. The fourth-order valence-electron chi connectivity index (χ4n) is 8.02. The first-order valence-electron chi connectivity index (χ1n) is 22.9. The molecule has 3 aliphatic heterocycles. The van der Waals surface area contributed by atoms with E-state index in [-0.39, 0.29) is 59.1 Å². The Balaban J connectivity index is 0.775. The van der Waals surface area contributed by atoms with Crippen LogP contribution in [0.3, 0.4) is 0 Å². The van der Waals surface area contributed by atoms with Crippen LogP contribution in [0.15, 0.2) is 108 Å². The minimum absolute atomic E-state index is 0.0528. The number of piperidine rings is 1. The fraction of sp³-hybridized carbons (Fsp3) is 0.300. The first-order valence-corrected chi connectivity index (χ1v) is 23.3. The van der Waals surface area contributed by atoms with Gasteiger partial charge in [0.2, 0.25) is 23.7 Å². The molecule has 18 nitrogen and oxygen atoms in total. The molecule has 0 spiro atoms. The summed E-state index contributed by atoms with van der Waals surface area (Å²) in [6.07, 6.45) is 9.78. The number of carbonyl (C=O) groups is 7. The highest BCUT2D eigenvalue weighted by atomic mass is 35.5. The molecule has 1 unspecified atom stereocenters. The summed E-state index contributed by atoms with van der Waals surface area (Å²) in [5.74, 6) is -3.27. The molecule has 4 heterocycles. The number of aromatic nitrogens is 2. The molecule has 2 saturated heterocycles. The normalized spacial score (nSPS) is 16.0. The number of anilines is 5. The second-order valence-corrected chi connectivity index (χ2v) is 17.1. The molecule has 0 aliphatic carbocycles. The van der Waals surface area contributed by atoms with Gasteiger partial charge in [-0.05, 0) is 86.4 Å². The lowest BCUT2D eigenvalue weighted by Crippen LogP contribution is -2.54. The van der Waals surface area contributed by atoms with Crippen LogP contribution in [0, 0.1) is 5.82 Å². The van der Waals surface area contributed by atoms with Crippen molar-refractivity contribution >= 4 is 81.9 Å². The largest absolute Gasteiger partial charge is 0.384 e.